The molecule has 0 aliphatic heterocycles. The first-order chi connectivity index (χ1) is 13.2. The standard InChI is InChI=1S/C20H27N5OS/c21-19(23-13-15-26-14-10-17-6-2-1-3-7-17)25-20(27)24-12-5-9-18-8-4-11-22-16-18/h1-4,6-8,11,16H,5,9-10,12-15H2,(H4,21,23,24,25,27). The van der Waals surface area contributed by atoms with E-state index in [0.29, 0.717) is 30.8 Å². The Morgan fingerprint density at radius 1 is 1.07 bits per heavy atom. The minimum absolute atomic E-state index is 0.298. The number of aromatic nitrogens is 1. The Morgan fingerprint density at radius 2 is 1.89 bits per heavy atom. The zero-order valence-corrected chi connectivity index (χ0v) is 16.3. The highest BCUT2D eigenvalue weighted by Gasteiger charge is 1.99. The van der Waals surface area contributed by atoms with E-state index in [0.717, 1.165) is 25.8 Å². The number of hydrogen-bond acceptors (Lipinski definition) is 4. The van der Waals surface area contributed by atoms with Gasteiger partial charge in [0.05, 0.1) is 19.8 Å². The van der Waals surface area contributed by atoms with E-state index in [2.05, 4.69) is 38.8 Å². The van der Waals surface area contributed by atoms with E-state index in [9.17, 15) is 0 Å². The topological polar surface area (TPSA) is 84.6 Å². The fourth-order valence-electron chi connectivity index (χ4n) is 2.41. The third-order valence-corrected chi connectivity index (χ3v) is 4.03. The van der Waals surface area contributed by atoms with Gasteiger partial charge >= 0.3 is 0 Å². The van der Waals surface area contributed by atoms with Crippen LogP contribution in [-0.2, 0) is 17.6 Å². The van der Waals surface area contributed by atoms with Crippen molar-refractivity contribution in [1.82, 2.24) is 15.6 Å². The Labute approximate surface area is 166 Å². The fraction of sp³-hybridized carbons (Fsp3) is 0.350. The first-order valence-electron chi connectivity index (χ1n) is 9.09. The molecule has 0 aliphatic rings. The van der Waals surface area contributed by atoms with Crippen molar-refractivity contribution in [3.05, 3.63) is 66.0 Å². The van der Waals surface area contributed by atoms with Gasteiger partial charge in [-0.05, 0) is 48.7 Å². The Morgan fingerprint density at radius 3 is 2.67 bits per heavy atom. The highest BCUT2D eigenvalue weighted by atomic mass is 32.1. The average Bonchev–Trinajstić information content (AvgIpc) is 2.69. The molecule has 7 heteroatoms. The van der Waals surface area contributed by atoms with Crippen LogP contribution in [0, 0.1) is 0 Å². The number of benzene rings is 1. The van der Waals surface area contributed by atoms with Crippen LogP contribution in [-0.4, -0.2) is 42.4 Å². The highest BCUT2D eigenvalue weighted by molar-refractivity contribution is 7.80. The zero-order valence-electron chi connectivity index (χ0n) is 15.4. The lowest BCUT2D eigenvalue weighted by atomic mass is 10.2. The molecule has 0 unspecified atom stereocenters. The first-order valence-corrected chi connectivity index (χ1v) is 9.50. The van der Waals surface area contributed by atoms with Crippen LogP contribution >= 0.6 is 12.2 Å². The second kappa shape index (κ2) is 12.8. The number of rotatable bonds is 10. The van der Waals surface area contributed by atoms with E-state index in [4.69, 9.17) is 22.7 Å². The third-order valence-electron chi connectivity index (χ3n) is 3.79. The maximum Gasteiger partial charge on any atom is 0.194 e. The molecule has 2 aromatic rings. The molecule has 0 radical (unpaired) electrons. The molecule has 0 fully saturated rings. The van der Waals surface area contributed by atoms with Gasteiger partial charge in [0.2, 0.25) is 0 Å². The molecule has 0 bridgehead atoms. The lowest BCUT2D eigenvalue weighted by Crippen LogP contribution is -2.43. The van der Waals surface area contributed by atoms with Crippen LogP contribution < -0.4 is 16.4 Å². The van der Waals surface area contributed by atoms with Gasteiger partial charge < -0.3 is 21.1 Å². The molecule has 0 saturated heterocycles. The van der Waals surface area contributed by atoms with Crippen LogP contribution in [0.5, 0.6) is 0 Å². The quantitative estimate of drug-likeness (QED) is 0.251. The van der Waals surface area contributed by atoms with E-state index in [1.54, 1.807) is 6.20 Å². The molecular weight excluding hydrogens is 358 g/mol. The molecule has 0 aliphatic carbocycles. The second-order valence-corrected chi connectivity index (χ2v) is 6.37. The van der Waals surface area contributed by atoms with Gasteiger partial charge in [-0.3, -0.25) is 9.98 Å². The van der Waals surface area contributed by atoms with Crippen molar-refractivity contribution in [3.63, 3.8) is 0 Å². The van der Waals surface area contributed by atoms with Crippen molar-refractivity contribution in [2.45, 2.75) is 19.3 Å². The lowest BCUT2D eigenvalue weighted by Gasteiger charge is -2.10. The number of hydrogen-bond donors (Lipinski definition) is 3. The van der Waals surface area contributed by atoms with Crippen LogP contribution in [0.25, 0.3) is 0 Å². The van der Waals surface area contributed by atoms with Crippen molar-refractivity contribution in [2.75, 3.05) is 26.3 Å². The average molecular weight is 386 g/mol. The van der Waals surface area contributed by atoms with Gasteiger partial charge in [0.25, 0.3) is 0 Å². The minimum atomic E-state index is 0.298. The molecular formula is C20H27N5OS. The Kier molecular flexibility index (Phi) is 9.84. The van der Waals surface area contributed by atoms with Crippen LogP contribution in [0.4, 0.5) is 0 Å². The predicted octanol–water partition coefficient (Wildman–Crippen LogP) is 2.05. The summed E-state index contributed by atoms with van der Waals surface area (Å²) in [6.07, 6.45) is 6.46. The van der Waals surface area contributed by atoms with Gasteiger partial charge in [0.15, 0.2) is 11.1 Å². The Bertz CT molecular complexity index is 694. The predicted molar refractivity (Wildman–Crippen MR) is 114 cm³/mol. The smallest absolute Gasteiger partial charge is 0.194 e. The number of nitrogens with zero attached hydrogens (tertiary/aromatic N) is 2. The number of nitrogens with one attached hydrogen (secondary N) is 2. The molecule has 144 valence electrons. The first kappa shape index (κ1) is 20.8. The summed E-state index contributed by atoms with van der Waals surface area (Å²) in [7, 11) is 0. The normalized spacial score (nSPS) is 11.2. The third kappa shape index (κ3) is 9.67. The Balaban J connectivity index is 1.49. The van der Waals surface area contributed by atoms with Gasteiger partial charge in [-0.1, -0.05) is 36.4 Å². The monoisotopic (exact) mass is 385 g/mol. The highest BCUT2D eigenvalue weighted by Crippen LogP contribution is 2.00. The van der Waals surface area contributed by atoms with E-state index in [-0.39, 0.29) is 0 Å². The molecule has 0 saturated carbocycles. The summed E-state index contributed by atoms with van der Waals surface area (Å²) >= 11 is 5.21. The molecule has 0 amide bonds. The van der Waals surface area contributed by atoms with Gasteiger partial charge in [-0.2, -0.15) is 0 Å². The van der Waals surface area contributed by atoms with E-state index in [1.165, 1.54) is 11.1 Å². The second-order valence-electron chi connectivity index (χ2n) is 5.96. The molecule has 2 rings (SSSR count). The number of guanidine groups is 1. The van der Waals surface area contributed by atoms with Crippen molar-refractivity contribution >= 4 is 23.3 Å². The molecule has 6 nitrogen and oxygen atoms in total. The molecule has 1 aromatic carbocycles. The molecule has 27 heavy (non-hydrogen) atoms. The van der Waals surface area contributed by atoms with E-state index >= 15 is 0 Å². The van der Waals surface area contributed by atoms with Crippen LogP contribution in [0.3, 0.4) is 0 Å². The van der Waals surface area contributed by atoms with Gasteiger partial charge in [-0.15, -0.1) is 0 Å². The summed E-state index contributed by atoms with van der Waals surface area (Å²) < 4.78 is 5.57. The van der Waals surface area contributed by atoms with E-state index < -0.39 is 0 Å². The number of aliphatic imine (C=N–C) groups is 1. The van der Waals surface area contributed by atoms with Crippen molar-refractivity contribution in [2.24, 2.45) is 10.7 Å². The van der Waals surface area contributed by atoms with Gasteiger partial charge in [0.1, 0.15) is 0 Å². The molecule has 0 spiro atoms. The number of ether oxygens (including phenoxy) is 1. The fourth-order valence-corrected chi connectivity index (χ4v) is 2.61. The summed E-state index contributed by atoms with van der Waals surface area (Å²) in [4.78, 5) is 8.31. The maximum atomic E-state index is 5.82. The summed E-state index contributed by atoms with van der Waals surface area (Å²) in [5, 5.41) is 6.48. The zero-order chi connectivity index (χ0) is 19.2. The number of aryl methyl sites for hydroxylation is 1. The van der Waals surface area contributed by atoms with Crippen LogP contribution in [0.2, 0.25) is 0 Å². The van der Waals surface area contributed by atoms with Crippen LogP contribution in [0.1, 0.15) is 17.5 Å². The summed E-state index contributed by atoms with van der Waals surface area (Å²) in [5.41, 5.74) is 8.30. The number of nitrogens with two attached hydrogens (primary N) is 1. The number of pyridine rings is 1. The summed E-state index contributed by atoms with van der Waals surface area (Å²) in [6.45, 7) is 2.46. The van der Waals surface area contributed by atoms with Crippen molar-refractivity contribution in [1.29, 1.82) is 0 Å². The van der Waals surface area contributed by atoms with Gasteiger partial charge in [-0.25, -0.2) is 0 Å². The van der Waals surface area contributed by atoms with Crippen LogP contribution in [0.15, 0.2) is 59.9 Å². The van der Waals surface area contributed by atoms with Crippen molar-refractivity contribution in [3.8, 4) is 0 Å². The van der Waals surface area contributed by atoms with Gasteiger partial charge in [0, 0.05) is 18.9 Å². The molecule has 0 atom stereocenters. The molecule has 1 aromatic heterocycles. The summed E-state index contributed by atoms with van der Waals surface area (Å²) in [6, 6.07) is 14.3. The largest absolute Gasteiger partial charge is 0.379 e. The lowest BCUT2D eigenvalue weighted by molar-refractivity contribution is 0.145. The Hall–Kier alpha value is -2.51. The maximum absolute atomic E-state index is 5.82. The molecule has 1 heterocycles. The summed E-state index contributed by atoms with van der Waals surface area (Å²) in [5.74, 6) is 0.298. The van der Waals surface area contributed by atoms with E-state index in [1.807, 2.05) is 30.5 Å². The SMILES string of the molecule is NC(=NCCOCCc1ccccc1)NC(=S)NCCCc1cccnc1. The van der Waals surface area contributed by atoms with Crippen molar-refractivity contribution < 1.29 is 4.74 Å². The molecule has 4 N–H and O–H groups in total. The number of thiocarbonyl (C=S) groups is 1. The minimum Gasteiger partial charge on any atom is -0.379 e.